The minimum Gasteiger partial charge on any atom is -0.481 e. The molecule has 0 saturated heterocycles. The molecule has 2 amide bonds. The maximum Gasteiger partial charge on any atom is 0.315 e. The van der Waals surface area contributed by atoms with E-state index in [2.05, 4.69) is 10.6 Å². The van der Waals surface area contributed by atoms with Crippen molar-refractivity contribution in [3.63, 3.8) is 0 Å². The van der Waals surface area contributed by atoms with Gasteiger partial charge in [0.15, 0.2) is 0 Å². The molecular formula is C12H22N2O3. The van der Waals surface area contributed by atoms with Crippen LogP contribution in [0.5, 0.6) is 0 Å². The van der Waals surface area contributed by atoms with Crippen molar-refractivity contribution in [1.82, 2.24) is 10.6 Å². The molecule has 1 fully saturated rings. The van der Waals surface area contributed by atoms with Gasteiger partial charge in [0, 0.05) is 12.6 Å². The van der Waals surface area contributed by atoms with Gasteiger partial charge in [0.2, 0.25) is 0 Å². The average Bonchev–Trinajstić information content (AvgIpc) is 2.74. The first-order chi connectivity index (χ1) is 8.04. The Labute approximate surface area is 102 Å². The van der Waals surface area contributed by atoms with Gasteiger partial charge in [0.25, 0.3) is 0 Å². The van der Waals surface area contributed by atoms with E-state index in [1.165, 1.54) is 0 Å². The van der Waals surface area contributed by atoms with Gasteiger partial charge in [-0.3, -0.25) is 4.79 Å². The van der Waals surface area contributed by atoms with E-state index in [0.29, 0.717) is 6.54 Å². The average molecular weight is 242 g/mol. The molecule has 0 bridgehead atoms. The fourth-order valence-electron chi connectivity index (χ4n) is 2.21. The van der Waals surface area contributed by atoms with Crippen molar-refractivity contribution in [3.8, 4) is 0 Å². The second kappa shape index (κ2) is 6.47. The topological polar surface area (TPSA) is 78.4 Å². The fourth-order valence-corrected chi connectivity index (χ4v) is 2.21. The summed E-state index contributed by atoms with van der Waals surface area (Å²) in [5.74, 6) is -0.953. The molecule has 0 aromatic rings. The zero-order chi connectivity index (χ0) is 12.8. The predicted molar refractivity (Wildman–Crippen MR) is 64.8 cm³/mol. The van der Waals surface area contributed by atoms with Gasteiger partial charge in [-0.05, 0) is 32.1 Å². The van der Waals surface area contributed by atoms with Crippen LogP contribution in [0.3, 0.4) is 0 Å². The lowest BCUT2D eigenvalue weighted by Crippen LogP contribution is -2.43. The Morgan fingerprint density at radius 2 is 2.12 bits per heavy atom. The first kappa shape index (κ1) is 13.8. The van der Waals surface area contributed by atoms with Gasteiger partial charge in [-0.2, -0.15) is 0 Å². The van der Waals surface area contributed by atoms with Crippen molar-refractivity contribution < 1.29 is 14.7 Å². The highest BCUT2D eigenvalue weighted by atomic mass is 16.4. The number of carboxylic acids is 1. The molecule has 1 saturated carbocycles. The summed E-state index contributed by atoms with van der Waals surface area (Å²) < 4.78 is 0. The number of carbonyl (C=O) groups excluding carboxylic acids is 1. The van der Waals surface area contributed by atoms with Crippen molar-refractivity contribution >= 4 is 12.0 Å². The second-order valence-electron chi connectivity index (χ2n) is 4.80. The van der Waals surface area contributed by atoms with E-state index in [4.69, 9.17) is 5.11 Å². The highest BCUT2D eigenvalue weighted by Gasteiger charge is 2.32. The largest absolute Gasteiger partial charge is 0.481 e. The van der Waals surface area contributed by atoms with Gasteiger partial charge in [-0.15, -0.1) is 0 Å². The summed E-state index contributed by atoms with van der Waals surface area (Å²) in [6.45, 7) is 4.40. The van der Waals surface area contributed by atoms with Gasteiger partial charge in [-0.25, -0.2) is 4.79 Å². The molecule has 0 aromatic carbocycles. The molecule has 0 aliphatic heterocycles. The van der Waals surface area contributed by atoms with Gasteiger partial charge in [0.1, 0.15) is 0 Å². The van der Waals surface area contributed by atoms with Crippen LogP contribution in [0.15, 0.2) is 0 Å². The van der Waals surface area contributed by atoms with Crippen molar-refractivity contribution in [3.05, 3.63) is 0 Å². The van der Waals surface area contributed by atoms with E-state index in [9.17, 15) is 9.59 Å². The molecule has 0 aromatic heterocycles. The first-order valence-corrected chi connectivity index (χ1v) is 6.31. The van der Waals surface area contributed by atoms with Gasteiger partial charge in [0.05, 0.1) is 5.92 Å². The molecule has 1 aliphatic rings. The zero-order valence-corrected chi connectivity index (χ0v) is 10.5. The third-order valence-corrected chi connectivity index (χ3v) is 3.49. The number of hydrogen-bond acceptors (Lipinski definition) is 2. The number of urea groups is 1. The molecule has 3 N–H and O–H groups in total. The molecule has 0 heterocycles. The van der Waals surface area contributed by atoms with Crippen LogP contribution in [0.4, 0.5) is 4.79 Å². The quantitative estimate of drug-likeness (QED) is 0.685. The van der Waals surface area contributed by atoms with Crippen LogP contribution in [-0.4, -0.2) is 29.7 Å². The Hall–Kier alpha value is -1.26. The van der Waals surface area contributed by atoms with E-state index >= 15 is 0 Å². The van der Waals surface area contributed by atoms with E-state index < -0.39 is 5.97 Å². The van der Waals surface area contributed by atoms with Crippen molar-refractivity contribution in [2.24, 2.45) is 11.8 Å². The van der Waals surface area contributed by atoms with Gasteiger partial charge >= 0.3 is 12.0 Å². The lowest BCUT2D eigenvalue weighted by atomic mass is 9.96. The van der Waals surface area contributed by atoms with Gasteiger partial charge < -0.3 is 15.7 Å². The molecule has 17 heavy (non-hydrogen) atoms. The van der Waals surface area contributed by atoms with E-state index in [1.807, 2.05) is 13.8 Å². The number of rotatable bonds is 5. The van der Waals surface area contributed by atoms with Gasteiger partial charge in [-0.1, -0.05) is 13.3 Å². The van der Waals surface area contributed by atoms with Crippen LogP contribution in [-0.2, 0) is 4.79 Å². The van der Waals surface area contributed by atoms with E-state index in [1.54, 1.807) is 0 Å². The lowest BCUT2D eigenvalue weighted by molar-refractivity contribution is -0.142. The number of carbonyl (C=O) groups is 2. The minimum absolute atomic E-state index is 0.0789. The highest BCUT2D eigenvalue weighted by Crippen LogP contribution is 2.31. The van der Waals surface area contributed by atoms with Crippen molar-refractivity contribution in [2.75, 3.05) is 6.54 Å². The summed E-state index contributed by atoms with van der Waals surface area (Å²) >= 11 is 0. The standard InChI is InChI=1S/C12H22N2O3/c1-3-8(2)14-12(17)13-7-9-5-4-6-10(9)11(15)16/h8-10H,3-7H2,1-2H3,(H,15,16)(H2,13,14,17). The van der Waals surface area contributed by atoms with Crippen LogP contribution in [0.25, 0.3) is 0 Å². The summed E-state index contributed by atoms with van der Waals surface area (Å²) in [5, 5.41) is 14.6. The lowest BCUT2D eigenvalue weighted by Gasteiger charge is -2.18. The van der Waals surface area contributed by atoms with Crippen LogP contribution < -0.4 is 10.6 Å². The first-order valence-electron chi connectivity index (χ1n) is 6.31. The van der Waals surface area contributed by atoms with E-state index in [0.717, 1.165) is 25.7 Å². The normalized spacial score (nSPS) is 25.3. The monoisotopic (exact) mass is 242 g/mol. The smallest absolute Gasteiger partial charge is 0.315 e. The maximum absolute atomic E-state index is 11.5. The Balaban J connectivity index is 2.30. The van der Waals surface area contributed by atoms with Crippen molar-refractivity contribution in [1.29, 1.82) is 0 Å². The molecule has 1 rings (SSSR count). The maximum atomic E-state index is 11.5. The molecular weight excluding hydrogens is 220 g/mol. The fraction of sp³-hybridized carbons (Fsp3) is 0.833. The summed E-state index contributed by atoms with van der Waals surface area (Å²) in [7, 11) is 0. The highest BCUT2D eigenvalue weighted by molar-refractivity contribution is 5.74. The van der Waals surface area contributed by atoms with Crippen LogP contribution >= 0.6 is 0 Å². The third kappa shape index (κ3) is 4.24. The zero-order valence-electron chi connectivity index (χ0n) is 10.5. The Morgan fingerprint density at radius 3 is 2.71 bits per heavy atom. The number of carboxylic acid groups (broad SMARTS) is 1. The van der Waals surface area contributed by atoms with E-state index in [-0.39, 0.29) is 23.9 Å². The molecule has 98 valence electrons. The Morgan fingerprint density at radius 1 is 1.41 bits per heavy atom. The molecule has 5 heteroatoms. The summed E-state index contributed by atoms with van der Waals surface area (Å²) in [4.78, 5) is 22.4. The van der Waals surface area contributed by atoms with Crippen molar-refractivity contribution in [2.45, 2.75) is 45.6 Å². The summed E-state index contributed by atoms with van der Waals surface area (Å²) in [6.07, 6.45) is 3.44. The molecule has 3 unspecified atom stereocenters. The number of amides is 2. The number of aliphatic carboxylic acids is 1. The molecule has 5 nitrogen and oxygen atoms in total. The molecule has 0 spiro atoms. The molecule has 1 aliphatic carbocycles. The Bertz CT molecular complexity index is 281. The predicted octanol–water partition coefficient (Wildman–Crippen LogP) is 1.59. The summed E-state index contributed by atoms with van der Waals surface area (Å²) in [6, 6.07) is -0.0516. The number of nitrogens with one attached hydrogen (secondary N) is 2. The minimum atomic E-state index is -0.739. The molecule has 3 atom stereocenters. The Kier molecular flexibility index (Phi) is 5.25. The third-order valence-electron chi connectivity index (χ3n) is 3.49. The van der Waals surface area contributed by atoms with Crippen LogP contribution in [0, 0.1) is 11.8 Å². The SMILES string of the molecule is CCC(C)NC(=O)NCC1CCCC1C(=O)O. The van der Waals surface area contributed by atoms with Crippen LogP contribution in [0.2, 0.25) is 0 Å². The van der Waals surface area contributed by atoms with Crippen LogP contribution in [0.1, 0.15) is 39.5 Å². The summed E-state index contributed by atoms with van der Waals surface area (Å²) in [5.41, 5.74) is 0. The number of hydrogen-bond donors (Lipinski definition) is 3. The molecule has 0 radical (unpaired) electrons. The second-order valence-corrected chi connectivity index (χ2v) is 4.80.